The molecule has 0 aliphatic heterocycles. The summed E-state index contributed by atoms with van der Waals surface area (Å²) in [5.74, 6) is 0. The van der Waals surface area contributed by atoms with Crippen LogP contribution in [0.3, 0.4) is 0 Å². The second-order valence-electron chi connectivity index (χ2n) is 3.47. The van der Waals surface area contributed by atoms with Gasteiger partial charge in [0.05, 0.1) is 0 Å². The van der Waals surface area contributed by atoms with Gasteiger partial charge in [-0.25, -0.2) is 9.50 Å². The Hall–Kier alpha value is -2.10. The molecule has 74 valence electrons. The van der Waals surface area contributed by atoms with Crippen molar-refractivity contribution in [2.45, 2.75) is 6.92 Å². The van der Waals surface area contributed by atoms with Gasteiger partial charge in [0.25, 0.3) is 0 Å². The molecule has 3 heterocycles. The fourth-order valence-corrected chi connectivity index (χ4v) is 1.85. The fraction of sp³-hybridized carbons (Fsp3) is 0.0909. The maximum atomic E-state index is 4.33. The predicted molar refractivity (Wildman–Crippen MR) is 57.5 cm³/mol. The molecule has 3 aromatic heterocycles. The van der Waals surface area contributed by atoms with Crippen LogP contribution < -0.4 is 0 Å². The number of H-pyrrole nitrogens is 1. The smallest absolute Gasteiger partial charge is 0.161 e. The van der Waals surface area contributed by atoms with Crippen molar-refractivity contribution >= 4 is 5.65 Å². The van der Waals surface area contributed by atoms with Crippen LogP contribution in [0.5, 0.6) is 0 Å². The molecular formula is C11H10N4. The van der Waals surface area contributed by atoms with Crippen LogP contribution in [0, 0.1) is 6.92 Å². The van der Waals surface area contributed by atoms with E-state index in [1.54, 1.807) is 18.6 Å². The van der Waals surface area contributed by atoms with Crippen molar-refractivity contribution in [3.05, 3.63) is 42.6 Å². The van der Waals surface area contributed by atoms with E-state index in [1.165, 1.54) is 0 Å². The van der Waals surface area contributed by atoms with Crippen molar-refractivity contribution in [1.29, 1.82) is 0 Å². The van der Waals surface area contributed by atoms with Crippen molar-refractivity contribution in [3.8, 4) is 11.1 Å². The maximum absolute atomic E-state index is 4.33. The minimum Gasteiger partial charge on any atom is -0.297 e. The van der Waals surface area contributed by atoms with Crippen molar-refractivity contribution in [1.82, 2.24) is 19.6 Å². The molecule has 3 rings (SSSR count). The number of aromatic nitrogens is 4. The molecule has 0 fully saturated rings. The SMILES string of the molecule is Cc1[nH]n2ccnc2c1-c1ccncc1. The van der Waals surface area contributed by atoms with Crippen molar-refractivity contribution in [3.63, 3.8) is 0 Å². The van der Waals surface area contributed by atoms with Gasteiger partial charge in [0, 0.05) is 36.0 Å². The molecule has 0 atom stereocenters. The molecule has 0 spiro atoms. The standard InChI is InChI=1S/C11H10N4/c1-8-10(9-2-4-12-5-3-9)11-13-6-7-15(11)14-8/h2-7,14H,1H3. The number of aromatic amines is 1. The highest BCUT2D eigenvalue weighted by Gasteiger charge is 2.10. The predicted octanol–water partition coefficient (Wildman–Crippen LogP) is 2.03. The van der Waals surface area contributed by atoms with E-state index in [1.807, 2.05) is 29.8 Å². The molecule has 0 saturated carbocycles. The average molecular weight is 198 g/mol. The first kappa shape index (κ1) is 8.23. The van der Waals surface area contributed by atoms with E-state index < -0.39 is 0 Å². The highest BCUT2D eigenvalue weighted by Crippen LogP contribution is 2.26. The van der Waals surface area contributed by atoms with E-state index in [0.717, 1.165) is 22.5 Å². The molecule has 4 heteroatoms. The van der Waals surface area contributed by atoms with Gasteiger partial charge in [-0.15, -0.1) is 0 Å². The summed E-state index contributed by atoms with van der Waals surface area (Å²) in [6.07, 6.45) is 7.28. The summed E-state index contributed by atoms with van der Waals surface area (Å²) >= 11 is 0. The summed E-state index contributed by atoms with van der Waals surface area (Å²) in [6, 6.07) is 3.98. The lowest BCUT2D eigenvalue weighted by atomic mass is 10.1. The molecule has 0 aliphatic carbocycles. The zero-order valence-corrected chi connectivity index (χ0v) is 8.31. The Bertz CT molecular complexity index is 591. The molecule has 0 aromatic carbocycles. The van der Waals surface area contributed by atoms with Crippen LogP contribution in [0.25, 0.3) is 16.8 Å². The molecule has 0 amide bonds. The highest BCUT2D eigenvalue weighted by molar-refractivity contribution is 5.79. The maximum Gasteiger partial charge on any atom is 0.161 e. The Morgan fingerprint density at radius 2 is 2.00 bits per heavy atom. The van der Waals surface area contributed by atoms with Gasteiger partial charge >= 0.3 is 0 Å². The molecule has 0 aliphatic rings. The quantitative estimate of drug-likeness (QED) is 0.650. The topological polar surface area (TPSA) is 46.0 Å². The molecule has 0 radical (unpaired) electrons. The van der Waals surface area contributed by atoms with Gasteiger partial charge in [0.2, 0.25) is 0 Å². The van der Waals surface area contributed by atoms with Crippen LogP contribution in [-0.4, -0.2) is 19.6 Å². The minimum absolute atomic E-state index is 0.957. The van der Waals surface area contributed by atoms with Crippen LogP contribution in [0.1, 0.15) is 5.69 Å². The van der Waals surface area contributed by atoms with E-state index in [9.17, 15) is 0 Å². The lowest BCUT2D eigenvalue weighted by molar-refractivity contribution is 0.945. The van der Waals surface area contributed by atoms with E-state index in [2.05, 4.69) is 15.1 Å². The Morgan fingerprint density at radius 1 is 1.20 bits per heavy atom. The first-order valence-electron chi connectivity index (χ1n) is 4.78. The fourth-order valence-electron chi connectivity index (χ4n) is 1.85. The first-order valence-corrected chi connectivity index (χ1v) is 4.78. The van der Waals surface area contributed by atoms with Crippen LogP contribution in [-0.2, 0) is 0 Å². The molecule has 1 N–H and O–H groups in total. The number of fused-ring (bicyclic) bond motifs is 1. The van der Waals surface area contributed by atoms with E-state index in [4.69, 9.17) is 0 Å². The number of hydrogen-bond acceptors (Lipinski definition) is 2. The number of hydrogen-bond donors (Lipinski definition) is 1. The third kappa shape index (κ3) is 1.15. The number of nitrogens with zero attached hydrogens (tertiary/aromatic N) is 3. The number of pyridine rings is 1. The Morgan fingerprint density at radius 3 is 2.80 bits per heavy atom. The molecule has 3 aromatic rings. The number of rotatable bonds is 1. The number of imidazole rings is 1. The average Bonchev–Trinajstić information content (AvgIpc) is 2.78. The molecule has 0 unspecified atom stereocenters. The zero-order chi connectivity index (χ0) is 10.3. The summed E-state index contributed by atoms with van der Waals surface area (Å²) in [5.41, 5.74) is 4.35. The van der Waals surface area contributed by atoms with E-state index >= 15 is 0 Å². The van der Waals surface area contributed by atoms with Crippen LogP contribution in [0.4, 0.5) is 0 Å². The van der Waals surface area contributed by atoms with E-state index in [-0.39, 0.29) is 0 Å². The second kappa shape index (κ2) is 2.95. The van der Waals surface area contributed by atoms with Crippen molar-refractivity contribution in [2.24, 2.45) is 0 Å². The lowest BCUT2D eigenvalue weighted by Gasteiger charge is -1.97. The Kier molecular flexibility index (Phi) is 1.62. The van der Waals surface area contributed by atoms with Gasteiger partial charge in [-0.1, -0.05) is 0 Å². The van der Waals surface area contributed by atoms with Gasteiger partial charge in [-0.05, 0) is 24.6 Å². The first-order chi connectivity index (χ1) is 7.36. The monoisotopic (exact) mass is 198 g/mol. The molecule has 0 saturated heterocycles. The van der Waals surface area contributed by atoms with Crippen molar-refractivity contribution in [2.75, 3.05) is 0 Å². The van der Waals surface area contributed by atoms with Crippen LogP contribution >= 0.6 is 0 Å². The van der Waals surface area contributed by atoms with Crippen LogP contribution in [0.15, 0.2) is 36.9 Å². The second-order valence-corrected chi connectivity index (χ2v) is 3.47. The molecule has 15 heavy (non-hydrogen) atoms. The Balaban J connectivity index is 2.34. The van der Waals surface area contributed by atoms with Gasteiger partial charge in [0.15, 0.2) is 5.65 Å². The van der Waals surface area contributed by atoms with Gasteiger partial charge in [-0.2, -0.15) is 0 Å². The largest absolute Gasteiger partial charge is 0.297 e. The summed E-state index contributed by atoms with van der Waals surface area (Å²) in [5, 5.41) is 3.24. The molecule has 0 bridgehead atoms. The summed E-state index contributed by atoms with van der Waals surface area (Å²) < 4.78 is 1.92. The lowest BCUT2D eigenvalue weighted by Crippen LogP contribution is -1.80. The molecular weight excluding hydrogens is 188 g/mol. The van der Waals surface area contributed by atoms with Crippen molar-refractivity contribution < 1.29 is 0 Å². The summed E-state index contributed by atoms with van der Waals surface area (Å²) in [6.45, 7) is 2.05. The van der Waals surface area contributed by atoms with E-state index in [0.29, 0.717) is 0 Å². The highest BCUT2D eigenvalue weighted by atomic mass is 15.3. The van der Waals surface area contributed by atoms with Crippen LogP contribution in [0.2, 0.25) is 0 Å². The van der Waals surface area contributed by atoms with Gasteiger partial charge in [0.1, 0.15) is 0 Å². The Labute approximate surface area is 86.6 Å². The van der Waals surface area contributed by atoms with Gasteiger partial charge < -0.3 is 0 Å². The molecule has 4 nitrogen and oxygen atoms in total. The minimum atomic E-state index is 0.957. The number of nitrogens with one attached hydrogen (secondary N) is 1. The zero-order valence-electron chi connectivity index (χ0n) is 8.31. The number of aryl methyl sites for hydroxylation is 1. The summed E-state index contributed by atoms with van der Waals surface area (Å²) in [7, 11) is 0. The third-order valence-corrected chi connectivity index (χ3v) is 2.50. The normalized spacial score (nSPS) is 11.0. The van der Waals surface area contributed by atoms with Gasteiger partial charge in [-0.3, -0.25) is 10.1 Å². The summed E-state index contributed by atoms with van der Waals surface area (Å²) in [4.78, 5) is 8.34. The third-order valence-electron chi connectivity index (χ3n) is 2.50.